The van der Waals surface area contributed by atoms with E-state index in [4.69, 9.17) is 11.6 Å². The van der Waals surface area contributed by atoms with Gasteiger partial charge in [0.1, 0.15) is 11.9 Å². The molecule has 3 aromatic rings. The maximum Gasteiger partial charge on any atom is 0.238 e. The van der Waals surface area contributed by atoms with Crippen molar-refractivity contribution in [2.45, 2.75) is 25.0 Å². The minimum absolute atomic E-state index is 0.0515. The van der Waals surface area contributed by atoms with E-state index >= 15 is 0 Å². The summed E-state index contributed by atoms with van der Waals surface area (Å²) in [5.41, 5.74) is 9.19. The zero-order valence-corrected chi connectivity index (χ0v) is 14.2. The summed E-state index contributed by atoms with van der Waals surface area (Å²) in [6, 6.07) is 15.2. The summed E-state index contributed by atoms with van der Waals surface area (Å²) in [5, 5.41) is 3.63. The molecule has 7 heteroatoms. The number of hydrogen-bond donors (Lipinski definition) is 4. The molecule has 2 aromatic carbocycles. The van der Waals surface area contributed by atoms with Crippen LogP contribution < -0.4 is 16.2 Å². The van der Waals surface area contributed by atoms with Gasteiger partial charge in [-0.25, -0.2) is 15.8 Å². The van der Waals surface area contributed by atoms with Crippen molar-refractivity contribution >= 4 is 28.5 Å². The van der Waals surface area contributed by atoms with Crippen LogP contribution in [-0.4, -0.2) is 21.9 Å². The number of halogens is 1. The highest BCUT2D eigenvalue weighted by atomic mass is 35.5. The van der Waals surface area contributed by atoms with E-state index < -0.39 is 0 Å². The Hall–Kier alpha value is -2.41. The van der Waals surface area contributed by atoms with Gasteiger partial charge in [0.15, 0.2) is 0 Å². The lowest BCUT2D eigenvalue weighted by Crippen LogP contribution is -2.43. The molecule has 4 N–H and O–H groups in total. The average molecular weight is 356 g/mol. The molecular weight excluding hydrogens is 338 g/mol. The molecule has 0 saturated carbocycles. The van der Waals surface area contributed by atoms with Gasteiger partial charge in [0.25, 0.3) is 0 Å². The molecule has 1 amide bonds. The Labute approximate surface area is 150 Å². The molecule has 2 atom stereocenters. The van der Waals surface area contributed by atoms with Crippen molar-refractivity contribution in [1.29, 1.82) is 0 Å². The van der Waals surface area contributed by atoms with Gasteiger partial charge in [-0.05, 0) is 36.2 Å². The fourth-order valence-electron chi connectivity index (χ4n) is 3.03. The topological polar surface area (TPSA) is 81.8 Å². The zero-order chi connectivity index (χ0) is 17.2. The molecule has 0 radical (unpaired) electrons. The van der Waals surface area contributed by atoms with E-state index in [1.165, 1.54) is 0 Å². The molecule has 0 spiro atoms. The van der Waals surface area contributed by atoms with Crippen molar-refractivity contribution in [2.24, 2.45) is 0 Å². The number of nitrogens with one attached hydrogen (secondary N) is 4. The average Bonchev–Trinajstić information content (AvgIpc) is 3.27. The summed E-state index contributed by atoms with van der Waals surface area (Å²) in [4.78, 5) is 20.1. The number of imidazole rings is 1. The van der Waals surface area contributed by atoms with Crippen LogP contribution in [0.2, 0.25) is 5.02 Å². The van der Waals surface area contributed by atoms with Gasteiger partial charge in [-0.2, -0.15) is 0 Å². The highest BCUT2D eigenvalue weighted by Gasteiger charge is 2.29. The van der Waals surface area contributed by atoms with Gasteiger partial charge in [-0.3, -0.25) is 4.79 Å². The van der Waals surface area contributed by atoms with Gasteiger partial charge in [0, 0.05) is 11.1 Å². The summed E-state index contributed by atoms with van der Waals surface area (Å²) in [6.07, 6.45) is 0.674. The number of aromatic amines is 1. The molecule has 0 aliphatic carbocycles. The van der Waals surface area contributed by atoms with Crippen LogP contribution in [0.4, 0.5) is 0 Å². The van der Waals surface area contributed by atoms with Crippen LogP contribution in [0.25, 0.3) is 11.0 Å². The Morgan fingerprint density at radius 2 is 1.96 bits per heavy atom. The van der Waals surface area contributed by atoms with E-state index in [2.05, 4.69) is 26.1 Å². The Bertz CT molecular complexity index is 859. The summed E-state index contributed by atoms with van der Waals surface area (Å²) >= 11 is 5.92. The van der Waals surface area contributed by atoms with E-state index in [1.807, 2.05) is 48.5 Å². The monoisotopic (exact) mass is 355 g/mol. The number of carbonyl (C=O) groups is 1. The molecule has 1 aliphatic heterocycles. The molecule has 6 nitrogen and oxygen atoms in total. The fourth-order valence-corrected chi connectivity index (χ4v) is 3.15. The fraction of sp³-hybridized carbons (Fsp3) is 0.222. The van der Waals surface area contributed by atoms with Crippen LogP contribution in [0.5, 0.6) is 0 Å². The second-order valence-electron chi connectivity index (χ2n) is 6.10. The molecule has 1 aliphatic rings. The minimum Gasteiger partial charge on any atom is -0.347 e. The van der Waals surface area contributed by atoms with Gasteiger partial charge in [0.2, 0.25) is 5.91 Å². The van der Waals surface area contributed by atoms with Gasteiger partial charge >= 0.3 is 0 Å². The first-order chi connectivity index (χ1) is 12.2. The lowest BCUT2D eigenvalue weighted by Gasteiger charge is -2.10. The number of benzene rings is 2. The molecule has 0 bridgehead atoms. The van der Waals surface area contributed by atoms with Gasteiger partial charge in [-0.15, -0.1) is 0 Å². The van der Waals surface area contributed by atoms with Crippen LogP contribution >= 0.6 is 11.6 Å². The first-order valence-corrected chi connectivity index (χ1v) is 8.55. The number of H-pyrrole nitrogens is 1. The normalized spacial score (nSPS) is 20.0. The lowest BCUT2D eigenvalue weighted by molar-refractivity contribution is -0.123. The predicted octanol–water partition coefficient (Wildman–Crippen LogP) is 2.44. The van der Waals surface area contributed by atoms with Crippen LogP contribution in [0.3, 0.4) is 0 Å². The van der Waals surface area contributed by atoms with E-state index in [9.17, 15) is 4.79 Å². The van der Waals surface area contributed by atoms with Crippen molar-refractivity contribution in [2.75, 3.05) is 0 Å². The van der Waals surface area contributed by atoms with Gasteiger partial charge < -0.3 is 10.3 Å². The third-order valence-corrected chi connectivity index (χ3v) is 4.61. The van der Waals surface area contributed by atoms with Gasteiger partial charge in [-0.1, -0.05) is 35.9 Å². The number of para-hydroxylation sites is 2. The van der Waals surface area contributed by atoms with Crippen LogP contribution in [0, 0.1) is 0 Å². The van der Waals surface area contributed by atoms with Crippen molar-refractivity contribution in [3.05, 3.63) is 64.9 Å². The largest absolute Gasteiger partial charge is 0.347 e. The third kappa shape index (κ3) is 3.51. The number of amides is 1. The predicted molar refractivity (Wildman–Crippen MR) is 96.8 cm³/mol. The number of hydrazine groups is 1. The summed E-state index contributed by atoms with van der Waals surface area (Å²) in [6.45, 7) is 0.372. The molecule has 25 heavy (non-hydrogen) atoms. The molecule has 1 saturated heterocycles. The van der Waals surface area contributed by atoms with E-state index in [1.54, 1.807) is 0 Å². The number of carbonyl (C=O) groups excluding carboxylic acids is 1. The quantitative estimate of drug-likeness (QED) is 0.579. The molecular formula is C18H18ClN5O. The second kappa shape index (κ2) is 6.84. The number of rotatable bonds is 4. The number of fused-ring (bicyclic) bond motifs is 1. The number of nitrogens with zero attached hydrogens (tertiary/aromatic N) is 1. The summed E-state index contributed by atoms with van der Waals surface area (Å²) in [5.74, 6) is 0.694. The molecule has 2 unspecified atom stereocenters. The van der Waals surface area contributed by atoms with Crippen LogP contribution in [0.15, 0.2) is 48.5 Å². The molecule has 2 heterocycles. The summed E-state index contributed by atoms with van der Waals surface area (Å²) < 4.78 is 0. The maximum absolute atomic E-state index is 12.4. The standard InChI is InChI=1S/C18H18ClN5O/c19-12-7-5-11(6-8-12)15-9-16(24-23-15)18(25)20-10-17-21-13-3-1-2-4-14(13)22-17/h1-8,15-16,23-24H,9-10H2,(H,20,25)(H,21,22). The Morgan fingerprint density at radius 1 is 1.16 bits per heavy atom. The highest BCUT2D eigenvalue weighted by molar-refractivity contribution is 6.30. The smallest absolute Gasteiger partial charge is 0.238 e. The van der Waals surface area contributed by atoms with Crippen molar-refractivity contribution < 1.29 is 4.79 Å². The van der Waals surface area contributed by atoms with E-state index in [-0.39, 0.29) is 18.0 Å². The van der Waals surface area contributed by atoms with E-state index in [0.717, 1.165) is 22.4 Å². The van der Waals surface area contributed by atoms with Crippen molar-refractivity contribution in [3.63, 3.8) is 0 Å². The van der Waals surface area contributed by atoms with Gasteiger partial charge in [0.05, 0.1) is 17.6 Å². The first kappa shape index (κ1) is 16.1. The molecule has 1 fully saturated rings. The van der Waals surface area contributed by atoms with Crippen molar-refractivity contribution in [1.82, 2.24) is 26.1 Å². The van der Waals surface area contributed by atoms with E-state index in [0.29, 0.717) is 18.0 Å². The lowest BCUT2D eigenvalue weighted by atomic mass is 10.0. The first-order valence-electron chi connectivity index (χ1n) is 8.17. The number of aromatic nitrogens is 2. The zero-order valence-electron chi connectivity index (χ0n) is 13.4. The van der Waals surface area contributed by atoms with Crippen LogP contribution in [0.1, 0.15) is 23.9 Å². The summed E-state index contributed by atoms with van der Waals surface area (Å²) in [7, 11) is 0. The molecule has 128 valence electrons. The SMILES string of the molecule is O=C(NCc1nc2ccccc2[nH]1)C1CC(c2ccc(Cl)cc2)NN1. The Balaban J connectivity index is 1.34. The van der Waals surface area contributed by atoms with Crippen molar-refractivity contribution in [3.8, 4) is 0 Å². The highest BCUT2D eigenvalue weighted by Crippen LogP contribution is 2.23. The molecule has 4 rings (SSSR count). The molecule has 1 aromatic heterocycles. The Morgan fingerprint density at radius 3 is 2.76 bits per heavy atom. The Kier molecular flexibility index (Phi) is 4.40. The third-order valence-electron chi connectivity index (χ3n) is 4.36. The maximum atomic E-state index is 12.4. The van der Waals surface area contributed by atoms with Crippen LogP contribution in [-0.2, 0) is 11.3 Å². The number of hydrogen-bond acceptors (Lipinski definition) is 4. The minimum atomic E-state index is -0.287. The second-order valence-corrected chi connectivity index (χ2v) is 6.54.